The van der Waals surface area contributed by atoms with Gasteiger partial charge in [-0.2, -0.15) is 0 Å². The summed E-state index contributed by atoms with van der Waals surface area (Å²) in [5.74, 6) is 1.39. The van der Waals surface area contributed by atoms with E-state index in [1.807, 2.05) is 36.0 Å². The van der Waals surface area contributed by atoms with Crippen LogP contribution in [0.3, 0.4) is 0 Å². The topological polar surface area (TPSA) is 75.3 Å². The van der Waals surface area contributed by atoms with Crippen molar-refractivity contribution in [3.63, 3.8) is 0 Å². The summed E-state index contributed by atoms with van der Waals surface area (Å²) < 4.78 is 5.41. The second-order valence-corrected chi connectivity index (χ2v) is 7.88. The first kappa shape index (κ1) is 17.1. The van der Waals surface area contributed by atoms with Crippen molar-refractivity contribution >= 4 is 34.7 Å². The van der Waals surface area contributed by atoms with Crippen molar-refractivity contribution in [3.8, 4) is 5.75 Å². The summed E-state index contributed by atoms with van der Waals surface area (Å²) in [6, 6.07) is 7.64. The van der Waals surface area contributed by atoms with Gasteiger partial charge in [0.05, 0.1) is 23.8 Å². The monoisotopic (exact) mass is 364 g/mol. The van der Waals surface area contributed by atoms with Crippen molar-refractivity contribution in [1.82, 2.24) is 15.6 Å². The molecule has 1 aliphatic heterocycles. The molecule has 1 fully saturated rings. The number of benzene rings is 1. The number of nitrogens with one attached hydrogen (secondary N) is 3. The number of thiazole rings is 1. The summed E-state index contributed by atoms with van der Waals surface area (Å²) in [5.41, 5.74) is 2.34. The molecule has 0 aliphatic carbocycles. The summed E-state index contributed by atoms with van der Waals surface area (Å²) in [6.45, 7) is 3.62. The Balaban J connectivity index is 1.91. The van der Waals surface area contributed by atoms with Crippen LogP contribution in [0.5, 0.6) is 5.75 Å². The van der Waals surface area contributed by atoms with E-state index in [0.717, 1.165) is 22.1 Å². The highest BCUT2D eigenvalue weighted by molar-refractivity contribution is 8.01. The van der Waals surface area contributed by atoms with E-state index in [2.05, 4.69) is 27.9 Å². The van der Waals surface area contributed by atoms with Crippen molar-refractivity contribution < 1.29 is 9.53 Å². The largest absolute Gasteiger partial charge is 0.495 e. The second kappa shape index (κ2) is 6.62. The number of hydrogen-bond acceptors (Lipinski definition) is 7. The number of hydrogen-bond donors (Lipinski definition) is 3. The van der Waals surface area contributed by atoms with Gasteiger partial charge >= 0.3 is 0 Å². The van der Waals surface area contributed by atoms with E-state index >= 15 is 0 Å². The Hall–Kier alpha value is -1.77. The molecule has 0 saturated carbocycles. The highest BCUT2D eigenvalue weighted by Gasteiger charge is 2.48. The first-order valence-electron chi connectivity index (χ1n) is 7.49. The summed E-state index contributed by atoms with van der Waals surface area (Å²) in [7, 11) is 1.63. The molecule has 1 aromatic carbocycles. The fourth-order valence-electron chi connectivity index (χ4n) is 2.69. The van der Waals surface area contributed by atoms with Crippen LogP contribution in [0.15, 0.2) is 36.0 Å². The summed E-state index contributed by atoms with van der Waals surface area (Å²) >= 11 is 3.21. The molecule has 3 rings (SSSR count). The van der Waals surface area contributed by atoms with E-state index in [4.69, 9.17) is 4.74 Å². The average molecular weight is 364 g/mol. The number of anilines is 1. The molecule has 1 aromatic heterocycles. The van der Waals surface area contributed by atoms with E-state index < -0.39 is 5.12 Å². The lowest BCUT2D eigenvalue weighted by Gasteiger charge is -2.34. The lowest BCUT2D eigenvalue weighted by Crippen LogP contribution is -2.61. The molecule has 1 saturated heterocycles. The standard InChI is InChI=1S/C16H20N4O2S2/c1-11(21)18-16(19-12-6-4-5-7-13(12)22-3)20-15(2,9-24-16)14-8-17-10-23-14/h4-8,10,19-20H,9H2,1-3H3,(H,18,21). The lowest BCUT2D eigenvalue weighted by molar-refractivity contribution is -0.120. The molecule has 2 heterocycles. The zero-order valence-electron chi connectivity index (χ0n) is 13.8. The second-order valence-electron chi connectivity index (χ2n) is 5.80. The highest BCUT2D eigenvalue weighted by atomic mass is 32.2. The van der Waals surface area contributed by atoms with Crippen LogP contribution in [0, 0.1) is 0 Å². The number of para-hydroxylation sites is 2. The molecule has 6 nitrogen and oxygen atoms in total. The number of ether oxygens (including phenoxy) is 1. The smallest absolute Gasteiger partial charge is 0.220 e. The predicted octanol–water partition coefficient (Wildman–Crippen LogP) is 2.56. The first-order valence-corrected chi connectivity index (χ1v) is 9.35. The van der Waals surface area contributed by atoms with E-state index in [1.165, 1.54) is 6.92 Å². The van der Waals surface area contributed by atoms with Crippen molar-refractivity contribution in [1.29, 1.82) is 0 Å². The van der Waals surface area contributed by atoms with E-state index in [1.54, 1.807) is 30.2 Å². The van der Waals surface area contributed by atoms with Crippen LogP contribution in [0.2, 0.25) is 0 Å². The third kappa shape index (κ3) is 3.35. The maximum atomic E-state index is 11.8. The lowest BCUT2D eigenvalue weighted by atomic mass is 10.0. The van der Waals surface area contributed by atoms with Gasteiger partial charge in [-0.3, -0.25) is 15.1 Å². The Bertz CT molecular complexity index is 725. The maximum Gasteiger partial charge on any atom is 0.220 e. The molecule has 0 bridgehead atoms. The minimum absolute atomic E-state index is 0.119. The zero-order valence-corrected chi connectivity index (χ0v) is 15.4. The fourth-order valence-corrected chi connectivity index (χ4v) is 4.95. The number of rotatable bonds is 5. The molecule has 2 atom stereocenters. The van der Waals surface area contributed by atoms with Crippen LogP contribution >= 0.6 is 23.1 Å². The van der Waals surface area contributed by atoms with Crippen LogP contribution in [0.1, 0.15) is 18.7 Å². The molecular weight excluding hydrogens is 344 g/mol. The molecular formula is C16H20N4O2S2. The molecule has 1 aliphatic rings. The number of amides is 1. The maximum absolute atomic E-state index is 11.8. The van der Waals surface area contributed by atoms with Gasteiger partial charge in [-0.15, -0.1) is 11.3 Å². The van der Waals surface area contributed by atoms with Crippen LogP contribution < -0.4 is 20.7 Å². The third-order valence-corrected chi connectivity index (χ3v) is 6.27. The van der Waals surface area contributed by atoms with Crippen molar-refractivity contribution in [2.24, 2.45) is 0 Å². The van der Waals surface area contributed by atoms with Gasteiger partial charge < -0.3 is 15.4 Å². The van der Waals surface area contributed by atoms with Gasteiger partial charge in [0, 0.05) is 23.8 Å². The molecule has 2 unspecified atom stereocenters. The van der Waals surface area contributed by atoms with E-state index in [9.17, 15) is 4.79 Å². The Kier molecular flexibility index (Phi) is 4.71. The van der Waals surface area contributed by atoms with Gasteiger partial charge in [-0.1, -0.05) is 23.9 Å². The molecule has 128 valence electrons. The van der Waals surface area contributed by atoms with Crippen LogP contribution in [-0.4, -0.2) is 28.9 Å². The average Bonchev–Trinajstić information content (AvgIpc) is 3.17. The Labute approximate surface area is 149 Å². The summed E-state index contributed by atoms with van der Waals surface area (Å²) in [6.07, 6.45) is 1.87. The molecule has 8 heteroatoms. The minimum Gasteiger partial charge on any atom is -0.495 e. The van der Waals surface area contributed by atoms with Gasteiger partial charge in [-0.25, -0.2) is 0 Å². The number of nitrogens with zero attached hydrogens (tertiary/aromatic N) is 1. The summed E-state index contributed by atoms with van der Waals surface area (Å²) in [5, 5.41) is 9.13. The van der Waals surface area contributed by atoms with Crippen molar-refractivity contribution in [2.45, 2.75) is 24.5 Å². The highest BCUT2D eigenvalue weighted by Crippen LogP contribution is 2.42. The van der Waals surface area contributed by atoms with Gasteiger partial charge in [0.2, 0.25) is 11.0 Å². The van der Waals surface area contributed by atoms with Crippen molar-refractivity contribution in [2.75, 3.05) is 18.2 Å². The molecule has 2 aromatic rings. The number of aromatic nitrogens is 1. The van der Waals surface area contributed by atoms with Gasteiger partial charge in [0.15, 0.2) is 0 Å². The van der Waals surface area contributed by atoms with Crippen LogP contribution in [0.25, 0.3) is 0 Å². The minimum atomic E-state index is -0.820. The fraction of sp³-hybridized carbons (Fsp3) is 0.375. The van der Waals surface area contributed by atoms with E-state index in [0.29, 0.717) is 0 Å². The van der Waals surface area contributed by atoms with Crippen LogP contribution in [-0.2, 0) is 10.3 Å². The van der Waals surface area contributed by atoms with Gasteiger partial charge in [0.25, 0.3) is 0 Å². The zero-order chi connectivity index (χ0) is 17.2. The van der Waals surface area contributed by atoms with Crippen molar-refractivity contribution in [3.05, 3.63) is 40.8 Å². The number of thioether (sulfide) groups is 1. The van der Waals surface area contributed by atoms with Gasteiger partial charge in [-0.05, 0) is 19.1 Å². The molecule has 24 heavy (non-hydrogen) atoms. The Morgan fingerprint density at radius 1 is 1.42 bits per heavy atom. The normalized spacial score (nSPS) is 26.1. The quantitative estimate of drug-likeness (QED) is 0.708. The number of carbonyl (C=O) groups excluding carboxylic acids is 1. The Morgan fingerprint density at radius 3 is 2.88 bits per heavy atom. The summed E-state index contributed by atoms with van der Waals surface area (Å²) in [4.78, 5) is 17.1. The SMILES string of the molecule is COc1ccccc1NC1(NC(C)=O)NC(C)(c2cncs2)CS1. The molecule has 0 spiro atoms. The molecule has 0 radical (unpaired) electrons. The number of methoxy groups -OCH3 is 1. The molecule has 3 N–H and O–H groups in total. The number of carbonyl (C=O) groups is 1. The van der Waals surface area contributed by atoms with E-state index in [-0.39, 0.29) is 11.4 Å². The first-order chi connectivity index (χ1) is 11.5. The molecule has 1 amide bonds. The predicted molar refractivity (Wildman–Crippen MR) is 98.2 cm³/mol. The third-order valence-electron chi connectivity index (χ3n) is 3.78. The Morgan fingerprint density at radius 2 is 2.21 bits per heavy atom. The van der Waals surface area contributed by atoms with Gasteiger partial charge in [0.1, 0.15) is 5.75 Å². The van der Waals surface area contributed by atoms with Crippen LogP contribution in [0.4, 0.5) is 5.69 Å².